The molecular weight excluding hydrogens is 268 g/mol. The summed E-state index contributed by atoms with van der Waals surface area (Å²) in [5.41, 5.74) is -0.238. The number of fused-ring (bicyclic) bond motifs is 1. The Morgan fingerprint density at radius 3 is 2.71 bits per heavy atom. The Morgan fingerprint density at radius 2 is 1.95 bits per heavy atom. The zero-order valence-corrected chi connectivity index (χ0v) is 13.6. The molecule has 1 aliphatic carbocycles. The van der Waals surface area contributed by atoms with Crippen LogP contribution in [-0.4, -0.2) is 30.6 Å². The van der Waals surface area contributed by atoms with E-state index < -0.39 is 5.79 Å². The molecule has 4 aliphatic rings. The number of ether oxygens (including phenoxy) is 4. The molecule has 4 fully saturated rings. The van der Waals surface area contributed by atoms with E-state index in [-0.39, 0.29) is 18.2 Å². The molecular formula is C17H28O4. The van der Waals surface area contributed by atoms with Crippen molar-refractivity contribution in [3.05, 3.63) is 0 Å². The van der Waals surface area contributed by atoms with Crippen LogP contribution in [0, 0.1) is 23.7 Å². The smallest absolute Gasteiger partial charge is 0.193 e. The summed E-state index contributed by atoms with van der Waals surface area (Å²) < 4.78 is 25.0. The summed E-state index contributed by atoms with van der Waals surface area (Å²) in [4.78, 5) is 0. The van der Waals surface area contributed by atoms with E-state index >= 15 is 0 Å². The molecule has 3 aliphatic heterocycles. The van der Waals surface area contributed by atoms with Crippen LogP contribution >= 0.6 is 0 Å². The predicted molar refractivity (Wildman–Crippen MR) is 77.4 cm³/mol. The fraction of sp³-hybridized carbons (Fsp3) is 1.00. The molecule has 0 amide bonds. The first-order valence-corrected chi connectivity index (χ1v) is 8.65. The average Bonchev–Trinajstić information content (AvgIpc) is 2.65. The first kappa shape index (κ1) is 14.4. The fourth-order valence-electron chi connectivity index (χ4n) is 5.49. The van der Waals surface area contributed by atoms with E-state index in [1.54, 1.807) is 0 Å². The molecule has 4 heteroatoms. The molecule has 0 aromatic rings. The fourth-order valence-corrected chi connectivity index (χ4v) is 5.49. The molecule has 0 radical (unpaired) electrons. The van der Waals surface area contributed by atoms with Crippen LogP contribution in [0.4, 0.5) is 0 Å². The van der Waals surface area contributed by atoms with E-state index in [4.69, 9.17) is 18.9 Å². The molecule has 4 rings (SSSR count). The average molecular weight is 296 g/mol. The SMILES string of the molecule is CCO[C@H]1O[C@H]2O[C@@]3(C)CC[C@H]4[C@H](C)CC[C@@H]([C@H]1C)[C@@]24O3. The van der Waals surface area contributed by atoms with Gasteiger partial charge in [-0.25, -0.2) is 0 Å². The maximum atomic E-state index is 6.61. The van der Waals surface area contributed by atoms with Crippen LogP contribution in [0.2, 0.25) is 0 Å². The highest BCUT2D eigenvalue weighted by Crippen LogP contribution is 2.63. The van der Waals surface area contributed by atoms with Crippen LogP contribution in [-0.2, 0) is 18.9 Å². The van der Waals surface area contributed by atoms with Crippen LogP contribution in [0.1, 0.15) is 53.4 Å². The van der Waals surface area contributed by atoms with Gasteiger partial charge in [0, 0.05) is 24.9 Å². The van der Waals surface area contributed by atoms with Crippen LogP contribution in [0.25, 0.3) is 0 Å². The van der Waals surface area contributed by atoms with E-state index in [2.05, 4.69) is 20.8 Å². The van der Waals surface area contributed by atoms with Crippen molar-refractivity contribution in [3.8, 4) is 0 Å². The Morgan fingerprint density at radius 1 is 1.14 bits per heavy atom. The largest absolute Gasteiger partial charge is 0.353 e. The molecule has 0 N–H and O–H groups in total. The normalized spacial score (nSPS) is 58.9. The third-order valence-electron chi connectivity index (χ3n) is 6.46. The summed E-state index contributed by atoms with van der Waals surface area (Å²) in [6, 6.07) is 0. The lowest BCUT2D eigenvalue weighted by Gasteiger charge is -2.58. The standard InChI is InChI=1S/C17H28O4/c1-5-18-14-11(3)13-7-6-10(2)12-8-9-16(4)20-15(19-14)17(12,13)21-16/h10-15H,5-9H2,1-4H3/t10-,11-,12+,13+,14+,15+,16-,17-/m1/s1. The lowest BCUT2D eigenvalue weighted by atomic mass is 9.57. The van der Waals surface area contributed by atoms with Gasteiger partial charge in [-0.3, -0.25) is 0 Å². The first-order chi connectivity index (χ1) is 10.00. The van der Waals surface area contributed by atoms with Gasteiger partial charge in [0.1, 0.15) is 5.60 Å². The second kappa shape index (κ2) is 4.67. The van der Waals surface area contributed by atoms with Crippen molar-refractivity contribution >= 4 is 0 Å². The summed E-state index contributed by atoms with van der Waals surface area (Å²) >= 11 is 0. The highest BCUT2D eigenvalue weighted by molar-refractivity contribution is 5.12. The molecule has 120 valence electrons. The Balaban J connectivity index is 1.74. The zero-order chi connectivity index (χ0) is 14.8. The third-order valence-corrected chi connectivity index (χ3v) is 6.46. The lowest BCUT2D eigenvalue weighted by Crippen LogP contribution is -2.66. The van der Waals surface area contributed by atoms with E-state index in [0.29, 0.717) is 30.3 Å². The minimum Gasteiger partial charge on any atom is -0.353 e. The molecule has 0 aromatic carbocycles. The molecule has 8 atom stereocenters. The second-order valence-corrected chi connectivity index (χ2v) is 7.66. The quantitative estimate of drug-likeness (QED) is 0.783. The molecule has 1 spiro atoms. The van der Waals surface area contributed by atoms with Gasteiger partial charge in [-0.15, -0.1) is 0 Å². The van der Waals surface area contributed by atoms with Gasteiger partial charge in [0.15, 0.2) is 18.4 Å². The predicted octanol–water partition coefficient (Wildman–Crippen LogP) is 3.30. The maximum Gasteiger partial charge on any atom is 0.193 e. The lowest BCUT2D eigenvalue weighted by molar-refractivity contribution is -0.336. The summed E-state index contributed by atoms with van der Waals surface area (Å²) in [6.45, 7) is 9.42. The third kappa shape index (κ3) is 1.82. The van der Waals surface area contributed by atoms with Gasteiger partial charge in [0.2, 0.25) is 0 Å². The number of hydrogen-bond acceptors (Lipinski definition) is 4. The highest BCUT2D eigenvalue weighted by Gasteiger charge is 2.71. The minimum atomic E-state index is -0.461. The molecule has 0 aromatic heterocycles. The molecule has 0 unspecified atom stereocenters. The van der Waals surface area contributed by atoms with Crippen molar-refractivity contribution in [2.45, 2.75) is 77.3 Å². The van der Waals surface area contributed by atoms with Crippen molar-refractivity contribution in [2.75, 3.05) is 6.61 Å². The van der Waals surface area contributed by atoms with Crippen molar-refractivity contribution < 1.29 is 18.9 Å². The van der Waals surface area contributed by atoms with Gasteiger partial charge in [-0.05, 0) is 44.9 Å². The summed E-state index contributed by atoms with van der Waals surface area (Å²) in [5, 5.41) is 0. The monoisotopic (exact) mass is 296 g/mol. The van der Waals surface area contributed by atoms with Crippen molar-refractivity contribution in [2.24, 2.45) is 23.7 Å². The Labute approximate surface area is 127 Å². The summed E-state index contributed by atoms with van der Waals surface area (Å²) in [5.74, 6) is 1.63. The van der Waals surface area contributed by atoms with E-state index in [0.717, 1.165) is 6.42 Å². The van der Waals surface area contributed by atoms with Gasteiger partial charge < -0.3 is 18.9 Å². The minimum absolute atomic E-state index is 0.156. The van der Waals surface area contributed by atoms with Crippen LogP contribution in [0.3, 0.4) is 0 Å². The van der Waals surface area contributed by atoms with E-state index in [9.17, 15) is 0 Å². The Kier molecular flexibility index (Phi) is 3.21. The Bertz CT molecular complexity index is 427. The Hall–Kier alpha value is -0.160. The van der Waals surface area contributed by atoms with Crippen LogP contribution in [0.15, 0.2) is 0 Å². The summed E-state index contributed by atoms with van der Waals surface area (Å²) in [7, 11) is 0. The van der Waals surface area contributed by atoms with Gasteiger partial charge in [-0.1, -0.05) is 13.8 Å². The topological polar surface area (TPSA) is 36.9 Å². The maximum absolute atomic E-state index is 6.61. The molecule has 3 heterocycles. The van der Waals surface area contributed by atoms with Crippen molar-refractivity contribution in [1.29, 1.82) is 0 Å². The van der Waals surface area contributed by atoms with Crippen LogP contribution < -0.4 is 0 Å². The van der Waals surface area contributed by atoms with Crippen LogP contribution in [0.5, 0.6) is 0 Å². The van der Waals surface area contributed by atoms with Gasteiger partial charge in [0.25, 0.3) is 0 Å². The molecule has 1 saturated carbocycles. The molecule has 2 bridgehead atoms. The van der Waals surface area contributed by atoms with Gasteiger partial charge in [0.05, 0.1) is 0 Å². The molecule has 21 heavy (non-hydrogen) atoms. The number of hydrogen-bond donors (Lipinski definition) is 0. The van der Waals surface area contributed by atoms with Gasteiger partial charge >= 0.3 is 0 Å². The van der Waals surface area contributed by atoms with E-state index in [1.807, 2.05) is 6.92 Å². The van der Waals surface area contributed by atoms with Gasteiger partial charge in [-0.2, -0.15) is 0 Å². The molecule has 4 nitrogen and oxygen atoms in total. The van der Waals surface area contributed by atoms with Crippen molar-refractivity contribution in [3.63, 3.8) is 0 Å². The van der Waals surface area contributed by atoms with E-state index in [1.165, 1.54) is 19.3 Å². The molecule has 3 saturated heterocycles. The second-order valence-electron chi connectivity index (χ2n) is 7.66. The highest BCUT2D eigenvalue weighted by atomic mass is 16.9. The number of rotatable bonds is 2. The summed E-state index contributed by atoms with van der Waals surface area (Å²) in [6.07, 6.45) is 4.24. The zero-order valence-electron chi connectivity index (χ0n) is 13.6. The first-order valence-electron chi connectivity index (χ1n) is 8.65. The van der Waals surface area contributed by atoms with Crippen molar-refractivity contribution in [1.82, 2.24) is 0 Å².